The molecule has 0 saturated heterocycles. The monoisotopic (exact) mass is 791 g/mol. The second-order valence-corrected chi connectivity index (χ2v) is 18.0. The smallest absolute Gasteiger partial charge is 0.329 e. The average molecular weight is 793 g/mol. The lowest BCUT2D eigenvalue weighted by Crippen LogP contribution is -2.53. The van der Waals surface area contributed by atoms with Gasteiger partial charge in [-0.3, -0.25) is 4.98 Å². The van der Waals surface area contributed by atoms with Gasteiger partial charge in [0.2, 0.25) is 0 Å². The quantitative estimate of drug-likeness (QED) is 0.0864. The topological polar surface area (TPSA) is 92.7 Å². The zero-order valence-electron chi connectivity index (χ0n) is 34.2. The Morgan fingerprint density at radius 2 is 1.75 bits per heavy atom. The van der Waals surface area contributed by atoms with Gasteiger partial charge >= 0.3 is 5.97 Å². The molecule has 8 heteroatoms. The first-order valence-electron chi connectivity index (χ1n) is 21.5. The van der Waals surface area contributed by atoms with Crippen LogP contribution in [-0.2, 0) is 29.5 Å². The van der Waals surface area contributed by atoms with Crippen molar-refractivity contribution < 1.29 is 19.4 Å². The highest BCUT2D eigenvalue weighted by molar-refractivity contribution is 6.30. The predicted octanol–water partition coefficient (Wildman–Crippen LogP) is 10.8. The molecule has 4 aromatic rings. The third kappa shape index (κ3) is 9.80. The minimum absolute atomic E-state index is 0.141. The van der Waals surface area contributed by atoms with E-state index in [0.29, 0.717) is 54.7 Å². The lowest BCUT2D eigenvalue weighted by molar-refractivity contribution is -0.144. The van der Waals surface area contributed by atoms with Crippen LogP contribution < -0.4 is 20.1 Å². The summed E-state index contributed by atoms with van der Waals surface area (Å²) >= 11 is 6.32. The number of hydrogen-bond acceptors (Lipinski definition) is 6. The van der Waals surface area contributed by atoms with E-state index in [4.69, 9.17) is 21.1 Å². The number of pyridine rings is 1. The maximum atomic E-state index is 13.1. The Hall–Kier alpha value is -4.07. The van der Waals surface area contributed by atoms with E-state index < -0.39 is 11.5 Å². The standard InChI is InChI=1S/C49H62ClN3O4/c1-34(19-26-51-25-9-13-37-11-5-4-6-12-37)32-56-42-18-17-38-29-39(28-35(2)33-57-45-20-27-52-44-16-7-10-36(3)46(44)45)48(43(38)31-42)21-23-49(24-22-48,47(54)55)53-41-15-8-14-40(50)30-41/h4-6,8,11-12,14-15,17-18,20,27,30-31,34-36,39,51,53H,7,9-10,13,16,19,21-26,28-29,32-33H2,1-3H3,(H,54,55)/t34-,35+,36+,39?,48?,49?/m0/s1. The highest BCUT2D eigenvalue weighted by Crippen LogP contribution is 2.57. The second kappa shape index (κ2) is 18.7. The molecule has 7 rings (SSSR count). The van der Waals surface area contributed by atoms with Crippen molar-refractivity contribution in [2.24, 2.45) is 17.8 Å². The minimum Gasteiger partial charge on any atom is -0.493 e. The van der Waals surface area contributed by atoms with Crippen LogP contribution >= 0.6 is 11.6 Å². The number of rotatable bonds is 18. The highest BCUT2D eigenvalue weighted by atomic mass is 35.5. The number of aromatic nitrogens is 1. The first-order chi connectivity index (χ1) is 27.6. The summed E-state index contributed by atoms with van der Waals surface area (Å²) in [5.41, 5.74) is 6.14. The van der Waals surface area contributed by atoms with Gasteiger partial charge in [0.25, 0.3) is 0 Å². The molecule has 304 valence electrons. The van der Waals surface area contributed by atoms with Crippen LogP contribution in [0.3, 0.4) is 0 Å². The van der Waals surface area contributed by atoms with Crippen LogP contribution in [0.2, 0.25) is 5.02 Å². The van der Waals surface area contributed by atoms with E-state index >= 15 is 0 Å². The lowest BCUT2D eigenvalue weighted by Gasteiger charge is -2.47. The molecule has 1 fully saturated rings. The van der Waals surface area contributed by atoms with Gasteiger partial charge < -0.3 is 25.2 Å². The number of carboxylic acid groups (broad SMARTS) is 1. The number of nitrogens with zero attached hydrogens (tertiary/aromatic N) is 1. The summed E-state index contributed by atoms with van der Waals surface area (Å²) in [5.74, 6) is 2.68. The van der Waals surface area contributed by atoms with Crippen molar-refractivity contribution in [3.05, 3.63) is 118 Å². The van der Waals surface area contributed by atoms with E-state index in [9.17, 15) is 9.90 Å². The molecule has 3 aromatic carbocycles. The van der Waals surface area contributed by atoms with Crippen molar-refractivity contribution in [1.29, 1.82) is 0 Å². The molecule has 0 radical (unpaired) electrons. The van der Waals surface area contributed by atoms with E-state index in [1.54, 1.807) is 0 Å². The summed E-state index contributed by atoms with van der Waals surface area (Å²) in [4.78, 5) is 17.8. The number of nitrogens with one attached hydrogen (secondary N) is 2. The van der Waals surface area contributed by atoms with E-state index in [1.165, 1.54) is 40.8 Å². The van der Waals surface area contributed by atoms with Gasteiger partial charge in [-0.1, -0.05) is 74.8 Å². The molecule has 1 unspecified atom stereocenters. The van der Waals surface area contributed by atoms with Gasteiger partial charge in [-0.15, -0.1) is 0 Å². The number of halogens is 1. The molecule has 57 heavy (non-hydrogen) atoms. The van der Waals surface area contributed by atoms with Gasteiger partial charge in [0.05, 0.1) is 13.2 Å². The number of benzene rings is 3. The van der Waals surface area contributed by atoms with Crippen LogP contribution in [0.4, 0.5) is 5.69 Å². The number of aliphatic carboxylic acids is 1. The fourth-order valence-electron chi connectivity index (χ4n) is 10.0. The molecule has 3 aliphatic rings. The molecular weight excluding hydrogens is 730 g/mol. The van der Waals surface area contributed by atoms with Crippen LogP contribution in [0.25, 0.3) is 0 Å². The normalized spacial score (nSPS) is 23.6. The van der Waals surface area contributed by atoms with E-state index in [1.807, 2.05) is 36.5 Å². The number of fused-ring (bicyclic) bond motifs is 3. The minimum atomic E-state index is -1.06. The summed E-state index contributed by atoms with van der Waals surface area (Å²) in [7, 11) is 0. The second-order valence-electron chi connectivity index (χ2n) is 17.6. The predicted molar refractivity (Wildman–Crippen MR) is 231 cm³/mol. The molecule has 3 aliphatic carbocycles. The summed E-state index contributed by atoms with van der Waals surface area (Å²) in [5, 5.41) is 18.4. The molecule has 7 nitrogen and oxygen atoms in total. The van der Waals surface area contributed by atoms with Crippen LogP contribution in [-0.4, -0.2) is 47.9 Å². The Labute approximate surface area is 345 Å². The molecule has 0 bridgehead atoms. The van der Waals surface area contributed by atoms with Crippen molar-refractivity contribution in [1.82, 2.24) is 10.3 Å². The summed E-state index contributed by atoms with van der Waals surface area (Å²) in [6, 6.07) is 26.9. The first kappa shape index (κ1) is 41.1. The fraction of sp³-hybridized carbons (Fsp3) is 0.510. The van der Waals surface area contributed by atoms with Gasteiger partial charge in [0.15, 0.2) is 0 Å². The van der Waals surface area contributed by atoms with Crippen LogP contribution in [0.15, 0.2) is 85.1 Å². The van der Waals surface area contributed by atoms with Crippen molar-refractivity contribution in [3.8, 4) is 11.5 Å². The molecule has 0 aliphatic heterocycles. The highest BCUT2D eigenvalue weighted by Gasteiger charge is 2.54. The van der Waals surface area contributed by atoms with Gasteiger partial charge in [-0.25, -0.2) is 4.79 Å². The molecule has 0 amide bonds. The largest absolute Gasteiger partial charge is 0.493 e. The van der Waals surface area contributed by atoms with E-state index in [0.717, 1.165) is 81.6 Å². The Kier molecular flexibility index (Phi) is 13.5. The van der Waals surface area contributed by atoms with Crippen molar-refractivity contribution >= 4 is 23.3 Å². The van der Waals surface area contributed by atoms with Crippen LogP contribution in [0.5, 0.6) is 11.5 Å². The van der Waals surface area contributed by atoms with Gasteiger partial charge in [0, 0.05) is 28.2 Å². The average Bonchev–Trinajstić information content (AvgIpc) is 3.49. The maximum Gasteiger partial charge on any atom is 0.329 e. The summed E-state index contributed by atoms with van der Waals surface area (Å²) in [6.45, 7) is 10.2. The third-order valence-electron chi connectivity index (χ3n) is 13.3. The molecule has 3 N–H and O–H groups in total. The van der Waals surface area contributed by atoms with Crippen molar-refractivity contribution in [3.63, 3.8) is 0 Å². The number of anilines is 1. The Bertz CT molecular complexity index is 1940. The van der Waals surface area contributed by atoms with Crippen LogP contribution in [0.1, 0.15) is 112 Å². The fourth-order valence-corrected chi connectivity index (χ4v) is 10.2. The van der Waals surface area contributed by atoms with Gasteiger partial charge in [-0.2, -0.15) is 0 Å². The Balaban J connectivity index is 1.02. The number of carbonyl (C=O) groups is 1. The summed E-state index contributed by atoms with van der Waals surface area (Å²) < 4.78 is 13.1. The number of ether oxygens (including phenoxy) is 2. The van der Waals surface area contributed by atoms with Crippen molar-refractivity contribution in [2.75, 3.05) is 31.6 Å². The lowest BCUT2D eigenvalue weighted by atomic mass is 9.59. The molecule has 1 saturated carbocycles. The number of aryl methyl sites for hydroxylation is 2. The van der Waals surface area contributed by atoms with Crippen LogP contribution in [0, 0.1) is 17.8 Å². The maximum absolute atomic E-state index is 13.1. The number of hydrogen-bond donors (Lipinski definition) is 3. The Morgan fingerprint density at radius 3 is 2.54 bits per heavy atom. The molecular formula is C49H62ClN3O4. The molecule has 1 aromatic heterocycles. The molecule has 1 heterocycles. The zero-order chi connectivity index (χ0) is 39.8. The SMILES string of the molecule is C[C@@H](CCNCCCc1ccccc1)COc1ccc2c(c1)C1(CCC(Nc3cccc(Cl)c3)(C(=O)O)CC1)C(C[C@@H](C)COc1ccnc3c1[C@H](C)CCC3)C2. The zero-order valence-corrected chi connectivity index (χ0v) is 35.0. The molecule has 1 spiro atoms. The molecule has 4 atom stereocenters. The first-order valence-corrected chi connectivity index (χ1v) is 21.9. The van der Waals surface area contributed by atoms with E-state index in [-0.39, 0.29) is 5.41 Å². The van der Waals surface area contributed by atoms with Gasteiger partial charge in [-0.05, 0) is 172 Å². The van der Waals surface area contributed by atoms with Crippen molar-refractivity contribution in [2.45, 2.75) is 115 Å². The number of carboxylic acids is 1. The third-order valence-corrected chi connectivity index (χ3v) is 13.5. The summed E-state index contributed by atoms with van der Waals surface area (Å²) in [6.07, 6.45) is 13.2. The Morgan fingerprint density at radius 1 is 0.947 bits per heavy atom. The van der Waals surface area contributed by atoms with E-state index in [2.05, 4.69) is 84.9 Å². The van der Waals surface area contributed by atoms with Gasteiger partial charge in [0.1, 0.15) is 17.0 Å².